The van der Waals surface area contributed by atoms with Crippen molar-refractivity contribution in [3.63, 3.8) is 0 Å². The average Bonchev–Trinajstić information content (AvgIpc) is 2.65. The van der Waals surface area contributed by atoms with Gasteiger partial charge in [-0.1, -0.05) is 34.1 Å². The summed E-state index contributed by atoms with van der Waals surface area (Å²) < 4.78 is 6.07. The normalized spacial score (nSPS) is 15.0. The van der Waals surface area contributed by atoms with Crippen LogP contribution in [-0.4, -0.2) is 54.6 Å². The minimum absolute atomic E-state index is 0.00281. The number of benzene rings is 1. The second-order valence-electron chi connectivity index (χ2n) is 8.25. The molecule has 2 N–H and O–H groups in total. The number of carbonyl (C=O) groups is 3. The molecular formula is C21H30BrN3O4. The van der Waals surface area contributed by atoms with Gasteiger partial charge in [0.1, 0.15) is 12.1 Å². The molecule has 3 amide bonds. The summed E-state index contributed by atoms with van der Waals surface area (Å²) in [6.07, 6.45) is 1.41. The van der Waals surface area contributed by atoms with Crippen molar-refractivity contribution in [2.45, 2.75) is 45.6 Å². The third-order valence-corrected chi connectivity index (χ3v) is 5.42. The van der Waals surface area contributed by atoms with Gasteiger partial charge < -0.3 is 20.3 Å². The molecular weight excluding hydrogens is 438 g/mol. The Morgan fingerprint density at radius 2 is 1.79 bits per heavy atom. The van der Waals surface area contributed by atoms with E-state index in [0.29, 0.717) is 32.0 Å². The maximum atomic E-state index is 12.3. The van der Waals surface area contributed by atoms with Gasteiger partial charge in [0.25, 0.3) is 0 Å². The lowest BCUT2D eigenvalue weighted by Gasteiger charge is -2.32. The van der Waals surface area contributed by atoms with E-state index >= 15 is 0 Å². The number of rotatable bonds is 6. The molecule has 0 atom stereocenters. The zero-order chi connectivity index (χ0) is 21.4. The van der Waals surface area contributed by atoms with Gasteiger partial charge in [-0.2, -0.15) is 0 Å². The number of amides is 3. The van der Waals surface area contributed by atoms with Gasteiger partial charge in [0.05, 0.1) is 6.42 Å². The van der Waals surface area contributed by atoms with E-state index in [1.54, 1.807) is 25.7 Å². The van der Waals surface area contributed by atoms with Gasteiger partial charge in [0.15, 0.2) is 0 Å². The lowest BCUT2D eigenvalue weighted by molar-refractivity contribution is -0.131. The SMILES string of the molecule is CC(C)(C)OC(=O)NCC(=O)N1CCC(CNC(=O)Cc2ccccc2Br)CC1. The number of likely N-dealkylation sites (tertiary alicyclic amines) is 1. The van der Waals surface area contributed by atoms with E-state index in [2.05, 4.69) is 26.6 Å². The van der Waals surface area contributed by atoms with Crippen molar-refractivity contribution in [2.24, 2.45) is 5.92 Å². The van der Waals surface area contributed by atoms with E-state index in [4.69, 9.17) is 4.74 Å². The smallest absolute Gasteiger partial charge is 0.408 e. The van der Waals surface area contributed by atoms with Gasteiger partial charge in [-0.25, -0.2) is 4.79 Å². The number of carbonyl (C=O) groups excluding carboxylic acids is 3. The Morgan fingerprint density at radius 3 is 2.41 bits per heavy atom. The third kappa shape index (κ3) is 8.43. The molecule has 0 aliphatic carbocycles. The molecule has 1 aliphatic rings. The number of piperidine rings is 1. The highest BCUT2D eigenvalue weighted by Gasteiger charge is 2.24. The number of nitrogens with one attached hydrogen (secondary N) is 2. The molecule has 29 heavy (non-hydrogen) atoms. The molecule has 1 aromatic rings. The van der Waals surface area contributed by atoms with Crippen LogP contribution in [0.1, 0.15) is 39.2 Å². The van der Waals surface area contributed by atoms with Crippen LogP contribution >= 0.6 is 15.9 Å². The monoisotopic (exact) mass is 467 g/mol. The Kier molecular flexibility index (Phi) is 8.49. The van der Waals surface area contributed by atoms with E-state index in [1.807, 2.05) is 24.3 Å². The largest absolute Gasteiger partial charge is 0.444 e. The first-order valence-corrected chi connectivity index (χ1v) is 10.7. The van der Waals surface area contributed by atoms with Crippen molar-refractivity contribution in [2.75, 3.05) is 26.2 Å². The number of nitrogens with zero attached hydrogens (tertiary/aromatic N) is 1. The van der Waals surface area contributed by atoms with Crippen LogP contribution in [0.4, 0.5) is 4.79 Å². The minimum Gasteiger partial charge on any atom is -0.444 e. The minimum atomic E-state index is -0.591. The van der Waals surface area contributed by atoms with Crippen LogP contribution in [0.2, 0.25) is 0 Å². The van der Waals surface area contributed by atoms with E-state index in [-0.39, 0.29) is 18.4 Å². The maximum absolute atomic E-state index is 12.3. The molecule has 1 fully saturated rings. The maximum Gasteiger partial charge on any atom is 0.408 e. The van der Waals surface area contributed by atoms with Crippen molar-refractivity contribution < 1.29 is 19.1 Å². The fraction of sp³-hybridized carbons (Fsp3) is 0.571. The number of halogens is 1. The fourth-order valence-corrected chi connectivity index (χ4v) is 3.52. The quantitative estimate of drug-likeness (QED) is 0.672. The molecule has 0 radical (unpaired) electrons. The van der Waals surface area contributed by atoms with Crippen molar-refractivity contribution in [3.8, 4) is 0 Å². The van der Waals surface area contributed by atoms with E-state index < -0.39 is 11.7 Å². The van der Waals surface area contributed by atoms with Crippen LogP contribution in [0.25, 0.3) is 0 Å². The van der Waals surface area contributed by atoms with Crippen molar-refractivity contribution in [1.29, 1.82) is 0 Å². The Labute approximate surface area is 180 Å². The summed E-state index contributed by atoms with van der Waals surface area (Å²) in [6.45, 7) is 7.12. The molecule has 8 heteroatoms. The molecule has 1 aliphatic heterocycles. The second kappa shape index (κ2) is 10.6. The van der Waals surface area contributed by atoms with Crippen molar-refractivity contribution in [3.05, 3.63) is 34.3 Å². The zero-order valence-corrected chi connectivity index (χ0v) is 18.9. The molecule has 0 spiro atoms. The molecule has 0 bridgehead atoms. The van der Waals surface area contributed by atoms with Crippen LogP contribution in [0.3, 0.4) is 0 Å². The molecule has 2 rings (SSSR count). The highest BCUT2D eigenvalue weighted by Crippen LogP contribution is 2.18. The topological polar surface area (TPSA) is 87.7 Å². The summed E-state index contributed by atoms with van der Waals surface area (Å²) in [7, 11) is 0. The molecule has 7 nitrogen and oxygen atoms in total. The molecule has 1 saturated heterocycles. The Balaban J connectivity index is 1.65. The summed E-state index contributed by atoms with van der Waals surface area (Å²) >= 11 is 3.46. The number of hydrogen-bond donors (Lipinski definition) is 2. The van der Waals surface area contributed by atoms with Crippen molar-refractivity contribution in [1.82, 2.24) is 15.5 Å². The Bertz CT molecular complexity index is 725. The lowest BCUT2D eigenvalue weighted by atomic mass is 9.96. The summed E-state index contributed by atoms with van der Waals surface area (Å²) in [5, 5.41) is 5.50. The molecule has 0 aromatic heterocycles. The Hall–Kier alpha value is -2.09. The standard InChI is InChI=1S/C21H30BrN3O4/c1-21(2,3)29-20(28)24-14-19(27)25-10-8-15(9-11-25)13-23-18(26)12-16-6-4-5-7-17(16)22/h4-7,15H,8-14H2,1-3H3,(H,23,26)(H,24,28). The van der Waals surface area contributed by atoms with Gasteiger partial charge >= 0.3 is 6.09 Å². The van der Waals surface area contributed by atoms with Gasteiger partial charge in [-0.3, -0.25) is 9.59 Å². The van der Waals surface area contributed by atoms with Crippen LogP contribution in [0, 0.1) is 5.92 Å². The zero-order valence-electron chi connectivity index (χ0n) is 17.3. The first kappa shape index (κ1) is 23.2. The van der Waals surface area contributed by atoms with E-state index in [0.717, 1.165) is 22.9 Å². The first-order chi connectivity index (χ1) is 13.6. The van der Waals surface area contributed by atoms with Crippen molar-refractivity contribution >= 4 is 33.8 Å². The summed E-state index contributed by atoms with van der Waals surface area (Å²) in [5.41, 5.74) is 0.370. The number of alkyl carbamates (subject to hydrolysis) is 1. The van der Waals surface area contributed by atoms with Gasteiger partial charge in [-0.15, -0.1) is 0 Å². The Morgan fingerprint density at radius 1 is 1.14 bits per heavy atom. The third-order valence-electron chi connectivity index (χ3n) is 4.65. The van der Waals surface area contributed by atoms with Gasteiger partial charge in [0, 0.05) is 24.1 Å². The van der Waals surface area contributed by atoms with Crippen LogP contribution in [0.15, 0.2) is 28.7 Å². The lowest BCUT2D eigenvalue weighted by Crippen LogP contribution is -2.46. The highest BCUT2D eigenvalue weighted by molar-refractivity contribution is 9.10. The molecule has 0 unspecified atom stereocenters. The van der Waals surface area contributed by atoms with E-state index in [1.165, 1.54) is 0 Å². The molecule has 1 aromatic carbocycles. The summed E-state index contributed by atoms with van der Waals surface area (Å²) in [6, 6.07) is 7.69. The molecule has 1 heterocycles. The van der Waals surface area contributed by atoms with Gasteiger partial charge in [0.2, 0.25) is 11.8 Å². The van der Waals surface area contributed by atoms with E-state index in [9.17, 15) is 14.4 Å². The highest BCUT2D eigenvalue weighted by atomic mass is 79.9. The van der Waals surface area contributed by atoms with Gasteiger partial charge in [-0.05, 0) is 51.2 Å². The fourth-order valence-electron chi connectivity index (χ4n) is 3.10. The average molecular weight is 468 g/mol. The second-order valence-corrected chi connectivity index (χ2v) is 9.11. The van der Waals surface area contributed by atoms with Crippen LogP contribution in [0.5, 0.6) is 0 Å². The number of ether oxygens (including phenoxy) is 1. The van der Waals surface area contributed by atoms with Crippen LogP contribution in [-0.2, 0) is 20.7 Å². The predicted octanol–water partition coefficient (Wildman–Crippen LogP) is 2.87. The van der Waals surface area contributed by atoms with Crippen LogP contribution < -0.4 is 10.6 Å². The summed E-state index contributed by atoms with van der Waals surface area (Å²) in [5.74, 6) is 0.227. The summed E-state index contributed by atoms with van der Waals surface area (Å²) in [4.78, 5) is 37.8. The first-order valence-electron chi connectivity index (χ1n) is 9.89. The molecule has 0 saturated carbocycles. The predicted molar refractivity (Wildman–Crippen MR) is 114 cm³/mol. The number of hydrogen-bond acceptors (Lipinski definition) is 4. The molecule has 160 valence electrons.